The van der Waals surface area contributed by atoms with Gasteiger partial charge in [0.05, 0.1) is 19.3 Å². The van der Waals surface area contributed by atoms with Crippen LogP contribution in [0.15, 0.2) is 18.2 Å². The van der Waals surface area contributed by atoms with Crippen LogP contribution < -0.4 is 16.0 Å². The summed E-state index contributed by atoms with van der Waals surface area (Å²) in [5.41, 5.74) is 5.30. The molecule has 3 N–H and O–H groups in total. The molecule has 1 fully saturated rings. The van der Waals surface area contributed by atoms with Crippen LogP contribution in [-0.2, 0) is 4.74 Å². The number of hydrogen-bond donors (Lipinski definition) is 2. The third-order valence-electron chi connectivity index (χ3n) is 3.99. The largest absolute Gasteiger partial charge is 0.496 e. The van der Waals surface area contributed by atoms with E-state index in [0.717, 1.165) is 30.8 Å². The number of hydrazine groups is 1. The molecular weight excluding hydrogens is 240 g/mol. The highest BCUT2D eigenvalue weighted by molar-refractivity contribution is 5.39. The number of rotatable bonds is 5. The SMILES string of the molecule is CCC1OCCC1C(NN)c1cc(C)ccc1OC. The number of nitrogens with one attached hydrogen (secondary N) is 1. The minimum Gasteiger partial charge on any atom is -0.496 e. The van der Waals surface area contributed by atoms with Gasteiger partial charge in [-0.3, -0.25) is 11.3 Å². The van der Waals surface area contributed by atoms with Gasteiger partial charge in [0.2, 0.25) is 0 Å². The highest BCUT2D eigenvalue weighted by Gasteiger charge is 2.35. The number of ether oxygens (including phenoxy) is 2. The summed E-state index contributed by atoms with van der Waals surface area (Å²) >= 11 is 0. The summed E-state index contributed by atoms with van der Waals surface area (Å²) in [5, 5.41) is 0. The zero-order chi connectivity index (χ0) is 13.8. The third kappa shape index (κ3) is 2.91. The van der Waals surface area contributed by atoms with Gasteiger partial charge in [-0.1, -0.05) is 24.6 Å². The van der Waals surface area contributed by atoms with Gasteiger partial charge in [0.1, 0.15) is 5.75 Å². The summed E-state index contributed by atoms with van der Waals surface area (Å²) in [5.74, 6) is 7.09. The highest BCUT2D eigenvalue weighted by Crippen LogP contribution is 2.38. The third-order valence-corrected chi connectivity index (χ3v) is 3.99. The first-order valence-electron chi connectivity index (χ1n) is 6.93. The lowest BCUT2D eigenvalue weighted by atomic mass is 9.86. The van der Waals surface area contributed by atoms with Gasteiger partial charge in [-0.15, -0.1) is 0 Å². The lowest BCUT2D eigenvalue weighted by Gasteiger charge is -2.28. The first kappa shape index (κ1) is 14.3. The molecule has 2 rings (SSSR count). The average Bonchev–Trinajstić information content (AvgIpc) is 2.88. The lowest BCUT2D eigenvalue weighted by Crippen LogP contribution is -2.37. The van der Waals surface area contributed by atoms with Gasteiger partial charge in [-0.2, -0.15) is 0 Å². The maximum atomic E-state index is 5.81. The van der Waals surface area contributed by atoms with Gasteiger partial charge in [-0.05, 0) is 25.8 Å². The number of methoxy groups -OCH3 is 1. The summed E-state index contributed by atoms with van der Waals surface area (Å²) in [6, 6.07) is 6.28. The molecule has 0 saturated carbocycles. The summed E-state index contributed by atoms with van der Waals surface area (Å²) < 4.78 is 11.3. The Morgan fingerprint density at radius 2 is 2.32 bits per heavy atom. The van der Waals surface area contributed by atoms with E-state index in [4.69, 9.17) is 15.3 Å². The Hall–Kier alpha value is -1.10. The molecule has 1 aliphatic heterocycles. The fourth-order valence-corrected chi connectivity index (χ4v) is 3.01. The Morgan fingerprint density at radius 3 is 2.95 bits per heavy atom. The Balaban J connectivity index is 2.33. The minimum atomic E-state index is 0.0716. The molecule has 0 radical (unpaired) electrons. The molecule has 1 heterocycles. The van der Waals surface area contributed by atoms with Crippen LogP contribution in [-0.4, -0.2) is 19.8 Å². The van der Waals surface area contributed by atoms with Gasteiger partial charge in [0.25, 0.3) is 0 Å². The lowest BCUT2D eigenvalue weighted by molar-refractivity contribution is 0.0771. The van der Waals surface area contributed by atoms with Crippen molar-refractivity contribution in [1.29, 1.82) is 0 Å². The van der Waals surface area contributed by atoms with Crippen molar-refractivity contribution >= 4 is 0 Å². The van der Waals surface area contributed by atoms with Crippen LogP contribution in [0.3, 0.4) is 0 Å². The standard InChI is InChI=1S/C15H24N2O2/c1-4-13-11(7-8-19-13)15(17-16)12-9-10(2)5-6-14(12)18-3/h5-6,9,11,13,15,17H,4,7-8,16H2,1-3H3. The van der Waals surface area contributed by atoms with E-state index in [2.05, 4.69) is 31.4 Å². The second-order valence-electron chi connectivity index (χ2n) is 5.16. The number of hydrogen-bond acceptors (Lipinski definition) is 4. The Bertz CT molecular complexity index is 423. The Kier molecular flexibility index (Phi) is 4.80. The fourth-order valence-electron chi connectivity index (χ4n) is 3.01. The summed E-state index contributed by atoms with van der Waals surface area (Å²) in [7, 11) is 1.70. The van der Waals surface area contributed by atoms with E-state index < -0.39 is 0 Å². The second kappa shape index (κ2) is 6.37. The van der Waals surface area contributed by atoms with E-state index in [-0.39, 0.29) is 12.1 Å². The second-order valence-corrected chi connectivity index (χ2v) is 5.16. The monoisotopic (exact) mass is 264 g/mol. The molecule has 3 unspecified atom stereocenters. The van der Waals surface area contributed by atoms with E-state index in [9.17, 15) is 0 Å². The number of nitrogens with two attached hydrogens (primary N) is 1. The molecule has 19 heavy (non-hydrogen) atoms. The fraction of sp³-hybridized carbons (Fsp3) is 0.600. The van der Waals surface area contributed by atoms with Crippen LogP contribution >= 0.6 is 0 Å². The van der Waals surface area contributed by atoms with Crippen molar-refractivity contribution < 1.29 is 9.47 Å². The smallest absolute Gasteiger partial charge is 0.123 e. The van der Waals surface area contributed by atoms with Crippen LogP contribution in [0, 0.1) is 12.8 Å². The molecule has 4 nitrogen and oxygen atoms in total. The zero-order valence-corrected chi connectivity index (χ0v) is 12.0. The molecule has 3 atom stereocenters. The van der Waals surface area contributed by atoms with Gasteiger partial charge >= 0.3 is 0 Å². The first-order valence-corrected chi connectivity index (χ1v) is 6.93. The number of aryl methyl sites for hydroxylation is 1. The molecule has 0 amide bonds. The van der Waals surface area contributed by atoms with Gasteiger partial charge in [0, 0.05) is 18.1 Å². The van der Waals surface area contributed by atoms with Crippen molar-refractivity contribution in [1.82, 2.24) is 5.43 Å². The highest BCUT2D eigenvalue weighted by atomic mass is 16.5. The molecule has 0 spiro atoms. The first-order chi connectivity index (χ1) is 9.21. The van der Waals surface area contributed by atoms with Gasteiger partial charge < -0.3 is 9.47 Å². The van der Waals surface area contributed by atoms with Crippen LogP contribution in [0.1, 0.15) is 36.9 Å². The molecule has 1 aromatic rings. The molecule has 1 aromatic carbocycles. The Labute approximate surface area is 115 Å². The van der Waals surface area contributed by atoms with Crippen molar-refractivity contribution in [3.63, 3.8) is 0 Å². The molecule has 0 aliphatic carbocycles. The number of benzene rings is 1. The van der Waals surface area contributed by atoms with Crippen molar-refractivity contribution in [3.05, 3.63) is 29.3 Å². The van der Waals surface area contributed by atoms with Gasteiger partial charge in [-0.25, -0.2) is 0 Å². The summed E-state index contributed by atoms with van der Waals surface area (Å²) in [6.07, 6.45) is 2.31. The minimum absolute atomic E-state index is 0.0716. The Morgan fingerprint density at radius 1 is 1.53 bits per heavy atom. The maximum absolute atomic E-state index is 5.81. The molecule has 106 valence electrons. The quantitative estimate of drug-likeness (QED) is 0.633. The van der Waals surface area contributed by atoms with E-state index >= 15 is 0 Å². The van der Waals surface area contributed by atoms with E-state index in [1.165, 1.54) is 5.56 Å². The van der Waals surface area contributed by atoms with E-state index in [0.29, 0.717) is 5.92 Å². The predicted molar refractivity (Wildman–Crippen MR) is 75.9 cm³/mol. The van der Waals surface area contributed by atoms with Crippen LogP contribution in [0.25, 0.3) is 0 Å². The topological polar surface area (TPSA) is 56.5 Å². The molecule has 0 aromatic heterocycles. The average molecular weight is 264 g/mol. The van der Waals surface area contributed by atoms with Crippen LogP contribution in [0.4, 0.5) is 0 Å². The molecule has 1 aliphatic rings. The summed E-state index contributed by atoms with van der Waals surface area (Å²) in [4.78, 5) is 0. The molecule has 1 saturated heterocycles. The molecule has 4 heteroatoms. The van der Waals surface area contributed by atoms with Crippen LogP contribution in [0.5, 0.6) is 5.75 Å². The van der Waals surface area contributed by atoms with Crippen molar-refractivity contribution in [2.75, 3.05) is 13.7 Å². The molecule has 0 bridgehead atoms. The maximum Gasteiger partial charge on any atom is 0.123 e. The van der Waals surface area contributed by atoms with Crippen molar-refractivity contribution in [2.45, 2.75) is 38.8 Å². The predicted octanol–water partition coefficient (Wildman–Crippen LogP) is 2.32. The summed E-state index contributed by atoms with van der Waals surface area (Å²) in [6.45, 7) is 5.05. The van der Waals surface area contributed by atoms with Crippen LogP contribution in [0.2, 0.25) is 0 Å². The zero-order valence-electron chi connectivity index (χ0n) is 12.0. The van der Waals surface area contributed by atoms with Crippen molar-refractivity contribution in [2.24, 2.45) is 11.8 Å². The van der Waals surface area contributed by atoms with E-state index in [1.54, 1.807) is 7.11 Å². The van der Waals surface area contributed by atoms with E-state index in [1.807, 2.05) is 6.07 Å². The molecular formula is C15H24N2O2. The van der Waals surface area contributed by atoms with Crippen molar-refractivity contribution in [3.8, 4) is 5.75 Å². The normalized spacial score (nSPS) is 24.4. The van der Waals surface area contributed by atoms with Gasteiger partial charge in [0.15, 0.2) is 0 Å².